The molecule has 1 aliphatic heterocycles. The number of rotatable bonds is 4. The van der Waals surface area contributed by atoms with Crippen LogP contribution in [0.3, 0.4) is 0 Å². The first-order chi connectivity index (χ1) is 9.53. The van der Waals surface area contributed by atoms with Crippen LogP contribution in [0.1, 0.15) is 19.4 Å². The van der Waals surface area contributed by atoms with Gasteiger partial charge in [-0.1, -0.05) is 0 Å². The van der Waals surface area contributed by atoms with Crippen LogP contribution in [0.25, 0.3) is 0 Å². The predicted molar refractivity (Wildman–Crippen MR) is 76.5 cm³/mol. The summed E-state index contributed by atoms with van der Waals surface area (Å²) in [5, 5.41) is 9.92. The van der Waals surface area contributed by atoms with Crippen LogP contribution in [0.4, 0.5) is 0 Å². The summed E-state index contributed by atoms with van der Waals surface area (Å²) in [6.45, 7) is 6.75. The molecular formula is C15H23NO4. The molecular weight excluding hydrogens is 258 g/mol. The summed E-state index contributed by atoms with van der Waals surface area (Å²) in [5.74, 6) is 0.921. The lowest BCUT2D eigenvalue weighted by Crippen LogP contribution is -2.44. The third-order valence-corrected chi connectivity index (χ3v) is 3.44. The second-order valence-electron chi connectivity index (χ2n) is 5.30. The molecule has 5 nitrogen and oxygen atoms in total. The fourth-order valence-electron chi connectivity index (χ4n) is 2.71. The van der Waals surface area contributed by atoms with Gasteiger partial charge in [-0.15, -0.1) is 0 Å². The number of benzene rings is 1. The molecule has 1 fully saturated rings. The Labute approximate surface area is 120 Å². The van der Waals surface area contributed by atoms with E-state index in [0.29, 0.717) is 11.5 Å². The van der Waals surface area contributed by atoms with E-state index in [1.807, 2.05) is 12.1 Å². The van der Waals surface area contributed by atoms with Crippen molar-refractivity contribution in [3.05, 3.63) is 17.7 Å². The van der Waals surface area contributed by atoms with Gasteiger partial charge in [-0.2, -0.15) is 0 Å². The van der Waals surface area contributed by atoms with E-state index < -0.39 is 0 Å². The van der Waals surface area contributed by atoms with Crippen molar-refractivity contribution in [2.75, 3.05) is 27.3 Å². The van der Waals surface area contributed by atoms with E-state index in [-0.39, 0.29) is 18.0 Å². The van der Waals surface area contributed by atoms with Crippen LogP contribution >= 0.6 is 0 Å². The standard InChI is InChI=1S/C15H23NO4/c1-10-7-16(8-11(2)20-10)9-12-5-13(18-3)15(17)14(6-12)19-4/h5-6,10-11,17H,7-9H2,1-4H3. The third kappa shape index (κ3) is 3.35. The monoisotopic (exact) mass is 281 g/mol. The normalized spacial score (nSPS) is 23.6. The molecule has 2 rings (SSSR count). The minimum absolute atomic E-state index is 0.0439. The molecule has 0 radical (unpaired) electrons. The maximum Gasteiger partial charge on any atom is 0.200 e. The molecule has 2 unspecified atom stereocenters. The molecule has 0 saturated carbocycles. The lowest BCUT2D eigenvalue weighted by molar-refractivity contribution is -0.0705. The van der Waals surface area contributed by atoms with E-state index >= 15 is 0 Å². The van der Waals surface area contributed by atoms with Crippen molar-refractivity contribution in [3.8, 4) is 17.2 Å². The zero-order valence-corrected chi connectivity index (χ0v) is 12.5. The summed E-state index contributed by atoms with van der Waals surface area (Å²) in [4.78, 5) is 2.34. The van der Waals surface area contributed by atoms with E-state index in [1.165, 1.54) is 14.2 Å². The van der Waals surface area contributed by atoms with Gasteiger partial charge in [-0.05, 0) is 31.5 Å². The van der Waals surface area contributed by atoms with Gasteiger partial charge in [0.15, 0.2) is 11.5 Å². The molecule has 0 amide bonds. The molecule has 112 valence electrons. The highest BCUT2D eigenvalue weighted by molar-refractivity contribution is 5.52. The minimum atomic E-state index is 0.0439. The molecule has 0 aliphatic carbocycles. The fourth-order valence-corrected chi connectivity index (χ4v) is 2.71. The Morgan fingerprint density at radius 2 is 1.65 bits per heavy atom. The minimum Gasteiger partial charge on any atom is -0.502 e. The van der Waals surface area contributed by atoms with Gasteiger partial charge in [0.1, 0.15) is 0 Å². The Kier molecular flexibility index (Phi) is 4.73. The lowest BCUT2D eigenvalue weighted by atomic mass is 10.1. The molecule has 20 heavy (non-hydrogen) atoms. The first kappa shape index (κ1) is 14.9. The first-order valence-electron chi connectivity index (χ1n) is 6.85. The number of aromatic hydroxyl groups is 1. The molecule has 1 aromatic rings. The fraction of sp³-hybridized carbons (Fsp3) is 0.600. The average molecular weight is 281 g/mol. The summed E-state index contributed by atoms with van der Waals surface area (Å²) in [7, 11) is 3.08. The third-order valence-electron chi connectivity index (χ3n) is 3.44. The summed E-state index contributed by atoms with van der Waals surface area (Å²) < 4.78 is 16.1. The van der Waals surface area contributed by atoms with Crippen LogP contribution in [0.2, 0.25) is 0 Å². The van der Waals surface area contributed by atoms with Crippen LogP contribution in [0.5, 0.6) is 17.2 Å². The molecule has 1 aromatic carbocycles. The lowest BCUT2D eigenvalue weighted by Gasteiger charge is -2.35. The Balaban J connectivity index is 2.16. The van der Waals surface area contributed by atoms with Crippen molar-refractivity contribution in [1.29, 1.82) is 0 Å². The number of nitrogens with zero attached hydrogens (tertiary/aromatic N) is 1. The van der Waals surface area contributed by atoms with Gasteiger partial charge in [0, 0.05) is 19.6 Å². The molecule has 5 heteroatoms. The predicted octanol–water partition coefficient (Wildman–Crippen LogP) is 2.02. The molecule has 2 atom stereocenters. The highest BCUT2D eigenvalue weighted by Crippen LogP contribution is 2.37. The van der Waals surface area contributed by atoms with Gasteiger partial charge in [0.25, 0.3) is 0 Å². The Bertz CT molecular complexity index is 428. The van der Waals surface area contributed by atoms with Crippen molar-refractivity contribution in [3.63, 3.8) is 0 Å². The van der Waals surface area contributed by atoms with Crippen molar-refractivity contribution in [1.82, 2.24) is 4.90 Å². The number of ether oxygens (including phenoxy) is 3. The maximum atomic E-state index is 9.92. The van der Waals surface area contributed by atoms with Crippen LogP contribution in [0, 0.1) is 0 Å². The topological polar surface area (TPSA) is 51.2 Å². The second kappa shape index (κ2) is 6.33. The number of phenolic OH excluding ortho intramolecular Hbond substituents is 1. The number of hydrogen-bond acceptors (Lipinski definition) is 5. The number of hydrogen-bond donors (Lipinski definition) is 1. The van der Waals surface area contributed by atoms with Crippen molar-refractivity contribution < 1.29 is 19.3 Å². The molecule has 0 spiro atoms. The average Bonchev–Trinajstić information content (AvgIpc) is 2.39. The zero-order chi connectivity index (χ0) is 14.7. The second-order valence-corrected chi connectivity index (χ2v) is 5.30. The van der Waals surface area contributed by atoms with Crippen LogP contribution < -0.4 is 9.47 Å². The number of phenols is 1. The Hall–Kier alpha value is -1.46. The summed E-state index contributed by atoms with van der Waals surface area (Å²) in [6, 6.07) is 3.70. The number of methoxy groups -OCH3 is 2. The molecule has 0 aromatic heterocycles. The first-order valence-corrected chi connectivity index (χ1v) is 6.85. The molecule has 1 aliphatic rings. The molecule has 1 heterocycles. The number of morpholine rings is 1. The van der Waals surface area contributed by atoms with Crippen molar-refractivity contribution >= 4 is 0 Å². The van der Waals surface area contributed by atoms with Gasteiger partial charge in [0.2, 0.25) is 5.75 Å². The van der Waals surface area contributed by atoms with Crippen LogP contribution in [-0.4, -0.2) is 49.5 Å². The van der Waals surface area contributed by atoms with E-state index in [0.717, 1.165) is 25.2 Å². The molecule has 1 N–H and O–H groups in total. The SMILES string of the molecule is COc1cc(CN2CC(C)OC(C)C2)cc(OC)c1O. The zero-order valence-electron chi connectivity index (χ0n) is 12.5. The van der Waals surface area contributed by atoms with E-state index in [2.05, 4.69) is 18.7 Å². The van der Waals surface area contributed by atoms with Gasteiger partial charge in [0.05, 0.1) is 26.4 Å². The summed E-state index contributed by atoms with van der Waals surface area (Å²) in [6.07, 6.45) is 0.472. The molecule has 0 bridgehead atoms. The summed E-state index contributed by atoms with van der Waals surface area (Å²) in [5.41, 5.74) is 1.05. The smallest absolute Gasteiger partial charge is 0.200 e. The maximum absolute atomic E-state index is 9.92. The largest absolute Gasteiger partial charge is 0.502 e. The van der Waals surface area contributed by atoms with Gasteiger partial charge >= 0.3 is 0 Å². The van der Waals surface area contributed by atoms with E-state index in [1.54, 1.807) is 0 Å². The highest BCUT2D eigenvalue weighted by Gasteiger charge is 2.23. The quantitative estimate of drug-likeness (QED) is 0.915. The van der Waals surface area contributed by atoms with E-state index in [4.69, 9.17) is 14.2 Å². The van der Waals surface area contributed by atoms with Crippen LogP contribution in [0.15, 0.2) is 12.1 Å². The molecule has 1 saturated heterocycles. The Morgan fingerprint density at radius 1 is 1.15 bits per heavy atom. The van der Waals surface area contributed by atoms with Crippen molar-refractivity contribution in [2.24, 2.45) is 0 Å². The van der Waals surface area contributed by atoms with E-state index in [9.17, 15) is 5.11 Å². The van der Waals surface area contributed by atoms with Crippen molar-refractivity contribution in [2.45, 2.75) is 32.6 Å². The van der Waals surface area contributed by atoms with Gasteiger partial charge in [-0.3, -0.25) is 4.90 Å². The highest BCUT2D eigenvalue weighted by atomic mass is 16.5. The van der Waals surface area contributed by atoms with Gasteiger partial charge < -0.3 is 19.3 Å². The summed E-state index contributed by atoms with van der Waals surface area (Å²) >= 11 is 0. The van der Waals surface area contributed by atoms with Crippen LogP contribution in [-0.2, 0) is 11.3 Å². The van der Waals surface area contributed by atoms with Gasteiger partial charge in [-0.25, -0.2) is 0 Å². The Morgan fingerprint density at radius 3 is 2.10 bits per heavy atom.